The molecule has 0 N–H and O–H groups in total. The van der Waals surface area contributed by atoms with Crippen molar-refractivity contribution in [2.45, 2.75) is 93.9 Å². The number of hydrogen-bond acceptors (Lipinski definition) is 3. The van der Waals surface area contributed by atoms with Crippen molar-refractivity contribution >= 4 is 16.7 Å². The molecule has 0 radical (unpaired) electrons. The molecule has 0 amide bonds. The van der Waals surface area contributed by atoms with Gasteiger partial charge in [0, 0.05) is 18.3 Å². The molecule has 1 unspecified atom stereocenters. The molecule has 1 aromatic rings. The number of hydrogen-bond donors (Lipinski definition) is 0. The van der Waals surface area contributed by atoms with Crippen molar-refractivity contribution in [1.29, 1.82) is 0 Å². The molecular weight excluding hydrogens is 368 g/mol. The van der Waals surface area contributed by atoms with E-state index >= 15 is 0 Å². The summed E-state index contributed by atoms with van der Waals surface area (Å²) in [6, 6.07) is 2.03. The van der Waals surface area contributed by atoms with Crippen molar-refractivity contribution in [3.8, 4) is 0 Å². The van der Waals surface area contributed by atoms with Gasteiger partial charge in [-0.15, -0.1) is 0 Å². The van der Waals surface area contributed by atoms with Gasteiger partial charge >= 0.3 is 0 Å². The van der Waals surface area contributed by atoms with E-state index in [4.69, 9.17) is 4.74 Å². The van der Waals surface area contributed by atoms with Gasteiger partial charge in [0.15, 0.2) is 0 Å². The zero-order valence-electron chi connectivity index (χ0n) is 20.3. The van der Waals surface area contributed by atoms with Gasteiger partial charge in [0.05, 0.1) is 23.1 Å². The second-order valence-corrected chi connectivity index (χ2v) is 8.97. The van der Waals surface area contributed by atoms with Gasteiger partial charge in [-0.1, -0.05) is 34.6 Å². The highest BCUT2D eigenvalue weighted by Crippen LogP contribution is 2.28. The number of nitrogens with zero attached hydrogens (tertiary/aromatic N) is 2. The maximum Gasteiger partial charge on any atom is 0.122 e. The minimum Gasteiger partial charge on any atom is -0.494 e. The highest BCUT2D eigenvalue weighted by molar-refractivity contribution is 7.84. The molecule has 5 heteroatoms. The van der Waals surface area contributed by atoms with E-state index in [2.05, 4.69) is 18.0 Å². The van der Waals surface area contributed by atoms with Crippen LogP contribution in [-0.2, 0) is 15.7 Å². The summed E-state index contributed by atoms with van der Waals surface area (Å²) >= 11 is 0. The molecule has 28 heavy (non-hydrogen) atoms. The van der Waals surface area contributed by atoms with Crippen molar-refractivity contribution < 1.29 is 8.95 Å². The summed E-state index contributed by atoms with van der Waals surface area (Å²) in [5.74, 6) is 0.867. The molecule has 0 spiro atoms. The Hall–Kier alpha value is -1.20. The average molecular weight is 413 g/mol. The quantitative estimate of drug-likeness (QED) is 0.469. The zero-order valence-corrected chi connectivity index (χ0v) is 21.2. The van der Waals surface area contributed by atoms with E-state index < -0.39 is 11.0 Å². The fraction of sp³-hybridized carbons (Fsp3) is 0.696. The lowest BCUT2D eigenvalue weighted by Crippen LogP contribution is -2.39. The van der Waals surface area contributed by atoms with Crippen LogP contribution in [0.2, 0.25) is 0 Å². The Bertz CT molecular complexity index is 607. The summed E-state index contributed by atoms with van der Waals surface area (Å²) < 4.78 is 20.3. The third-order valence-corrected chi connectivity index (χ3v) is 5.91. The first kappa shape index (κ1) is 29.0. The van der Waals surface area contributed by atoms with Gasteiger partial charge in [-0.25, -0.2) is 8.51 Å². The summed E-state index contributed by atoms with van der Waals surface area (Å²) in [4.78, 5) is 4.59. The van der Waals surface area contributed by atoms with Crippen molar-refractivity contribution in [3.63, 3.8) is 0 Å². The van der Waals surface area contributed by atoms with E-state index in [9.17, 15) is 4.21 Å². The van der Waals surface area contributed by atoms with Crippen LogP contribution in [0.4, 0.5) is 0 Å². The topological polar surface area (TPSA) is 42.4 Å². The van der Waals surface area contributed by atoms with Crippen LogP contribution in [0.25, 0.3) is 5.76 Å². The molecule has 0 aromatic carbocycles. The normalized spacial score (nSPS) is 13.7. The first-order valence-electron chi connectivity index (χ1n) is 10.6. The Morgan fingerprint density at radius 2 is 1.79 bits per heavy atom. The molecule has 0 saturated heterocycles. The van der Waals surface area contributed by atoms with Gasteiger partial charge in [-0.3, -0.25) is 4.98 Å². The third kappa shape index (κ3) is 8.44. The van der Waals surface area contributed by atoms with Crippen LogP contribution >= 0.6 is 0 Å². The monoisotopic (exact) mass is 412 g/mol. The van der Waals surface area contributed by atoms with E-state index in [-0.39, 0.29) is 10.8 Å². The Balaban J connectivity index is 0. The molecule has 0 bridgehead atoms. The van der Waals surface area contributed by atoms with Gasteiger partial charge < -0.3 is 4.74 Å². The molecule has 1 heterocycles. The Morgan fingerprint density at radius 1 is 1.25 bits per heavy atom. The lowest BCUT2D eigenvalue weighted by atomic mass is 10.1. The summed E-state index contributed by atoms with van der Waals surface area (Å²) in [7, 11) is -1.09. The Morgan fingerprint density at radius 3 is 2.18 bits per heavy atom. The summed E-state index contributed by atoms with van der Waals surface area (Å²) in [5, 5.41) is 0. The minimum atomic E-state index is -1.09. The van der Waals surface area contributed by atoms with Crippen molar-refractivity contribution in [2.24, 2.45) is 0 Å². The molecule has 0 saturated carbocycles. The third-order valence-electron chi connectivity index (χ3n) is 3.86. The van der Waals surface area contributed by atoms with Crippen LogP contribution in [-0.4, -0.2) is 31.4 Å². The lowest BCUT2D eigenvalue weighted by molar-refractivity contribution is 0.297. The summed E-state index contributed by atoms with van der Waals surface area (Å²) in [5.41, 5.74) is 3.04. The second-order valence-electron chi connectivity index (χ2n) is 6.78. The number of allylic oxidation sites excluding steroid dienone is 1. The zero-order chi connectivity index (χ0) is 22.5. The predicted octanol–water partition coefficient (Wildman–Crippen LogP) is 6.68. The fourth-order valence-electron chi connectivity index (χ4n) is 2.54. The molecule has 0 aliphatic carbocycles. The van der Waals surface area contributed by atoms with E-state index in [1.54, 1.807) is 0 Å². The predicted molar refractivity (Wildman–Crippen MR) is 126 cm³/mol. The standard InChI is InChI=1S/C19H32N2O2S.2C2H6/c1-9-18(23-11-3)16-12-17(20-13-14(16)4)15(5)21(10-2)24(22)19(6,7)8;2*1-2/h9,12-13,15H,10-11H2,1-8H3;2*1-2H3/b18-9-;;/t15-,24?;;/m1../s1. The van der Waals surface area contributed by atoms with E-state index in [0.717, 1.165) is 22.6 Å². The van der Waals surface area contributed by atoms with Gasteiger partial charge in [-0.2, -0.15) is 0 Å². The van der Waals surface area contributed by atoms with Crippen LogP contribution in [0.5, 0.6) is 0 Å². The van der Waals surface area contributed by atoms with E-state index in [1.807, 2.05) is 92.7 Å². The molecule has 0 aliphatic rings. The first-order valence-corrected chi connectivity index (χ1v) is 11.7. The second kappa shape index (κ2) is 14.7. The van der Waals surface area contributed by atoms with Gasteiger partial charge in [0.1, 0.15) is 16.7 Å². The van der Waals surface area contributed by atoms with Crippen molar-refractivity contribution in [3.05, 3.63) is 35.2 Å². The highest BCUT2D eigenvalue weighted by Gasteiger charge is 2.30. The van der Waals surface area contributed by atoms with Crippen LogP contribution in [0.15, 0.2) is 18.3 Å². The molecular formula is C23H44N2O2S. The van der Waals surface area contributed by atoms with E-state index in [0.29, 0.717) is 13.2 Å². The number of rotatable bonds is 7. The molecule has 2 atom stereocenters. The molecule has 1 rings (SSSR count). The van der Waals surface area contributed by atoms with Crippen molar-refractivity contribution in [1.82, 2.24) is 9.29 Å². The van der Waals surface area contributed by atoms with Crippen LogP contribution in [0, 0.1) is 6.92 Å². The van der Waals surface area contributed by atoms with Crippen LogP contribution in [0.3, 0.4) is 0 Å². The Labute approximate surface area is 177 Å². The molecule has 1 aromatic heterocycles. The number of aryl methyl sites for hydroxylation is 1. The van der Waals surface area contributed by atoms with Gasteiger partial charge in [0.2, 0.25) is 0 Å². The van der Waals surface area contributed by atoms with Gasteiger partial charge in [-0.05, 0) is 66.2 Å². The van der Waals surface area contributed by atoms with Crippen molar-refractivity contribution in [2.75, 3.05) is 13.2 Å². The number of pyridine rings is 1. The fourth-order valence-corrected chi connectivity index (χ4v) is 3.87. The Kier molecular flexibility index (Phi) is 15.3. The first-order chi connectivity index (χ1) is 13.2. The largest absolute Gasteiger partial charge is 0.494 e. The molecule has 164 valence electrons. The van der Waals surface area contributed by atoms with Crippen LogP contribution < -0.4 is 0 Å². The minimum absolute atomic E-state index is 0.0332. The van der Waals surface area contributed by atoms with Crippen LogP contribution in [0.1, 0.15) is 99.0 Å². The summed E-state index contributed by atoms with van der Waals surface area (Å²) in [6.45, 7) is 25.4. The number of ether oxygens (including phenoxy) is 1. The number of aromatic nitrogens is 1. The maximum atomic E-state index is 12.8. The summed E-state index contributed by atoms with van der Waals surface area (Å²) in [6.07, 6.45) is 3.85. The average Bonchev–Trinajstić information content (AvgIpc) is 2.69. The molecule has 4 nitrogen and oxygen atoms in total. The smallest absolute Gasteiger partial charge is 0.122 e. The van der Waals surface area contributed by atoms with E-state index in [1.165, 1.54) is 0 Å². The molecule has 0 aliphatic heterocycles. The van der Waals surface area contributed by atoms with Gasteiger partial charge in [0.25, 0.3) is 0 Å². The lowest BCUT2D eigenvalue weighted by Gasteiger charge is -2.32. The maximum absolute atomic E-state index is 12.8. The highest BCUT2D eigenvalue weighted by atomic mass is 32.2. The molecule has 0 fully saturated rings. The SMILES string of the molecule is C/C=C(\OCC)c1cc([C@@H](C)N(CC)S(=O)C(C)(C)C)ncc1C.CC.CC.